The fourth-order valence-corrected chi connectivity index (χ4v) is 4.44. The van der Waals surface area contributed by atoms with Gasteiger partial charge in [-0.2, -0.15) is 0 Å². The van der Waals surface area contributed by atoms with Crippen LogP contribution in [0.25, 0.3) is 0 Å². The van der Waals surface area contributed by atoms with Gasteiger partial charge in [0.25, 0.3) is 0 Å². The molecule has 0 atom stereocenters. The largest absolute Gasteiger partial charge is 0.363 e. The molecular formula is C19H33N5S. The average molecular weight is 364 g/mol. The molecule has 2 heterocycles. The van der Waals surface area contributed by atoms with Crippen molar-refractivity contribution in [1.29, 1.82) is 0 Å². The summed E-state index contributed by atoms with van der Waals surface area (Å²) in [4.78, 5) is 9.52. The molecule has 3 rings (SSSR count). The highest BCUT2D eigenvalue weighted by molar-refractivity contribution is 7.14. The predicted octanol–water partition coefficient (Wildman–Crippen LogP) is 2.75. The Kier molecular flexibility index (Phi) is 6.59. The second kappa shape index (κ2) is 8.90. The molecule has 2 aliphatic rings. The quantitative estimate of drug-likeness (QED) is 0.577. The standard InChI is InChI=1S/C19H33N5S/c1-15(2)24(17-6-7-17)13-10-21-19(20-3)22-16-8-11-23(12-9-16)18-5-4-14-25-18/h4-5,14-17H,6-13H2,1-3H3,(H2,20,21,22). The maximum absolute atomic E-state index is 4.42. The van der Waals surface area contributed by atoms with Crippen molar-refractivity contribution in [2.45, 2.75) is 57.7 Å². The van der Waals surface area contributed by atoms with E-state index in [4.69, 9.17) is 0 Å². The Morgan fingerprint density at radius 1 is 1.32 bits per heavy atom. The molecule has 0 unspecified atom stereocenters. The second-order valence-corrected chi connectivity index (χ2v) is 8.34. The summed E-state index contributed by atoms with van der Waals surface area (Å²) in [7, 11) is 1.87. The van der Waals surface area contributed by atoms with E-state index in [2.05, 4.69) is 56.8 Å². The van der Waals surface area contributed by atoms with Crippen molar-refractivity contribution in [1.82, 2.24) is 15.5 Å². The highest BCUT2D eigenvalue weighted by Crippen LogP contribution is 2.28. The maximum atomic E-state index is 4.42. The first kappa shape index (κ1) is 18.5. The third-order valence-corrected chi connectivity index (χ3v) is 6.15. The monoisotopic (exact) mass is 363 g/mol. The lowest BCUT2D eigenvalue weighted by Crippen LogP contribution is -2.50. The van der Waals surface area contributed by atoms with E-state index in [-0.39, 0.29) is 0 Å². The lowest BCUT2D eigenvalue weighted by atomic mass is 10.1. The number of guanidine groups is 1. The van der Waals surface area contributed by atoms with Crippen LogP contribution in [0, 0.1) is 0 Å². The summed E-state index contributed by atoms with van der Waals surface area (Å²) in [5, 5.41) is 10.7. The van der Waals surface area contributed by atoms with Crippen molar-refractivity contribution in [3.05, 3.63) is 17.5 Å². The number of hydrogen-bond donors (Lipinski definition) is 2. The van der Waals surface area contributed by atoms with Crippen LogP contribution in [-0.4, -0.2) is 62.2 Å². The lowest BCUT2D eigenvalue weighted by Gasteiger charge is -2.33. The molecular weight excluding hydrogens is 330 g/mol. The van der Waals surface area contributed by atoms with Gasteiger partial charge in [-0.15, -0.1) is 11.3 Å². The summed E-state index contributed by atoms with van der Waals surface area (Å²) < 4.78 is 0. The van der Waals surface area contributed by atoms with Crippen LogP contribution < -0.4 is 15.5 Å². The van der Waals surface area contributed by atoms with Crippen LogP contribution in [-0.2, 0) is 0 Å². The van der Waals surface area contributed by atoms with Crippen LogP contribution in [0.15, 0.2) is 22.5 Å². The van der Waals surface area contributed by atoms with Gasteiger partial charge in [-0.05, 0) is 57.0 Å². The van der Waals surface area contributed by atoms with Gasteiger partial charge in [0.2, 0.25) is 0 Å². The minimum Gasteiger partial charge on any atom is -0.363 e. The molecule has 2 N–H and O–H groups in total. The van der Waals surface area contributed by atoms with Gasteiger partial charge in [0.05, 0.1) is 5.00 Å². The van der Waals surface area contributed by atoms with Gasteiger partial charge in [-0.25, -0.2) is 0 Å². The van der Waals surface area contributed by atoms with Gasteiger partial charge in [0, 0.05) is 51.4 Å². The summed E-state index contributed by atoms with van der Waals surface area (Å²) in [5.74, 6) is 0.953. The molecule has 0 aromatic carbocycles. The van der Waals surface area contributed by atoms with E-state index in [1.165, 1.54) is 30.7 Å². The zero-order valence-electron chi connectivity index (χ0n) is 15.9. The van der Waals surface area contributed by atoms with Gasteiger partial charge in [0.1, 0.15) is 0 Å². The molecule has 140 valence electrons. The number of thiophene rings is 1. The Bertz CT molecular complexity index is 528. The smallest absolute Gasteiger partial charge is 0.191 e. The van der Waals surface area contributed by atoms with Crippen LogP contribution in [0.3, 0.4) is 0 Å². The van der Waals surface area contributed by atoms with E-state index in [9.17, 15) is 0 Å². The molecule has 2 fully saturated rings. The van der Waals surface area contributed by atoms with Crippen LogP contribution in [0.1, 0.15) is 39.5 Å². The molecule has 25 heavy (non-hydrogen) atoms. The molecule has 1 saturated heterocycles. The van der Waals surface area contributed by atoms with Gasteiger partial charge < -0.3 is 15.5 Å². The fraction of sp³-hybridized carbons (Fsp3) is 0.737. The zero-order chi connectivity index (χ0) is 17.6. The molecule has 0 bridgehead atoms. The lowest BCUT2D eigenvalue weighted by molar-refractivity contribution is 0.215. The molecule has 1 aliphatic heterocycles. The van der Waals surface area contributed by atoms with Crippen molar-refractivity contribution in [2.24, 2.45) is 4.99 Å². The van der Waals surface area contributed by atoms with Crippen LogP contribution >= 0.6 is 11.3 Å². The predicted molar refractivity (Wildman–Crippen MR) is 109 cm³/mol. The van der Waals surface area contributed by atoms with E-state index in [1.54, 1.807) is 0 Å². The van der Waals surface area contributed by atoms with E-state index < -0.39 is 0 Å². The molecule has 1 aliphatic carbocycles. The zero-order valence-corrected chi connectivity index (χ0v) is 16.7. The van der Waals surface area contributed by atoms with Crippen molar-refractivity contribution in [3.8, 4) is 0 Å². The minimum atomic E-state index is 0.520. The van der Waals surface area contributed by atoms with Crippen molar-refractivity contribution in [2.75, 3.05) is 38.1 Å². The number of nitrogens with one attached hydrogen (secondary N) is 2. The normalized spacial score (nSPS) is 19.7. The highest BCUT2D eigenvalue weighted by atomic mass is 32.1. The van der Waals surface area contributed by atoms with Crippen molar-refractivity contribution < 1.29 is 0 Å². The first-order valence-electron chi connectivity index (χ1n) is 9.68. The van der Waals surface area contributed by atoms with E-state index >= 15 is 0 Å². The number of piperidine rings is 1. The fourth-order valence-electron chi connectivity index (χ4n) is 3.65. The van der Waals surface area contributed by atoms with Crippen LogP contribution in [0.4, 0.5) is 5.00 Å². The molecule has 0 radical (unpaired) electrons. The van der Waals surface area contributed by atoms with Gasteiger partial charge >= 0.3 is 0 Å². The number of anilines is 1. The Morgan fingerprint density at radius 3 is 2.64 bits per heavy atom. The average Bonchev–Trinajstić information content (AvgIpc) is 3.30. The summed E-state index contributed by atoms with van der Waals surface area (Å²) in [6.07, 6.45) is 5.07. The Balaban J connectivity index is 1.38. The Labute approximate surface area is 156 Å². The first-order valence-corrected chi connectivity index (χ1v) is 10.6. The summed E-state index contributed by atoms with van der Waals surface area (Å²) in [6, 6.07) is 6.33. The topological polar surface area (TPSA) is 42.9 Å². The summed E-state index contributed by atoms with van der Waals surface area (Å²) in [6.45, 7) is 8.90. The number of aliphatic imine (C=N–C) groups is 1. The number of nitrogens with zero attached hydrogens (tertiary/aromatic N) is 3. The van der Waals surface area contributed by atoms with Crippen molar-refractivity contribution >= 4 is 22.3 Å². The van der Waals surface area contributed by atoms with E-state index in [1.807, 2.05) is 18.4 Å². The molecule has 0 spiro atoms. The van der Waals surface area contributed by atoms with Gasteiger partial charge in [-0.3, -0.25) is 9.89 Å². The minimum absolute atomic E-state index is 0.520. The third-order valence-electron chi connectivity index (χ3n) is 5.22. The molecule has 1 aromatic rings. The SMILES string of the molecule is CN=C(NCCN(C(C)C)C1CC1)NC1CCN(c2cccs2)CC1. The molecule has 1 aromatic heterocycles. The Morgan fingerprint density at radius 2 is 2.08 bits per heavy atom. The molecule has 0 amide bonds. The first-order chi connectivity index (χ1) is 12.2. The number of hydrogen-bond acceptors (Lipinski definition) is 4. The molecule has 1 saturated carbocycles. The third kappa shape index (κ3) is 5.35. The van der Waals surface area contributed by atoms with Gasteiger partial charge in [-0.1, -0.05) is 0 Å². The molecule has 5 nitrogen and oxygen atoms in total. The summed E-state index contributed by atoms with van der Waals surface area (Å²) >= 11 is 1.84. The van der Waals surface area contributed by atoms with E-state index in [0.717, 1.165) is 38.2 Å². The maximum Gasteiger partial charge on any atom is 0.191 e. The van der Waals surface area contributed by atoms with Gasteiger partial charge in [0.15, 0.2) is 5.96 Å². The Hall–Kier alpha value is -1.27. The van der Waals surface area contributed by atoms with Crippen LogP contribution in [0.2, 0.25) is 0 Å². The van der Waals surface area contributed by atoms with Crippen molar-refractivity contribution in [3.63, 3.8) is 0 Å². The van der Waals surface area contributed by atoms with Crippen LogP contribution in [0.5, 0.6) is 0 Å². The number of rotatable bonds is 7. The highest BCUT2D eigenvalue weighted by Gasteiger charge is 2.30. The van der Waals surface area contributed by atoms with E-state index in [0.29, 0.717) is 12.1 Å². The second-order valence-electron chi connectivity index (χ2n) is 7.42. The summed E-state index contributed by atoms with van der Waals surface area (Å²) in [5.41, 5.74) is 0. The molecule has 6 heteroatoms.